The highest BCUT2D eigenvalue weighted by atomic mass is 16.7. The number of piperidine rings is 1. The number of hydrogen-bond donors (Lipinski definition) is 0. The van der Waals surface area contributed by atoms with Gasteiger partial charge in [0.2, 0.25) is 12.7 Å². The van der Waals surface area contributed by atoms with E-state index in [4.69, 9.17) is 19.6 Å². The van der Waals surface area contributed by atoms with Crippen molar-refractivity contribution in [3.05, 3.63) is 29.8 Å². The van der Waals surface area contributed by atoms with E-state index in [1.807, 2.05) is 27.8 Å². The Morgan fingerprint density at radius 1 is 1.15 bits per heavy atom. The second-order valence-electron chi connectivity index (χ2n) is 7.63. The maximum Gasteiger partial charge on any atom is 0.231 e. The van der Waals surface area contributed by atoms with Gasteiger partial charge in [0, 0.05) is 37.4 Å². The van der Waals surface area contributed by atoms with Gasteiger partial charge in [-0.25, -0.2) is 9.67 Å². The van der Waals surface area contributed by atoms with Crippen molar-refractivity contribution in [1.29, 1.82) is 0 Å². The predicted octanol–water partition coefficient (Wildman–Crippen LogP) is 2.99. The van der Waals surface area contributed by atoms with E-state index in [9.17, 15) is 4.79 Å². The van der Waals surface area contributed by atoms with Gasteiger partial charge < -0.3 is 14.4 Å². The van der Waals surface area contributed by atoms with Gasteiger partial charge in [-0.1, -0.05) is 6.92 Å². The number of ether oxygens (including phenoxy) is 2. The number of nitrogens with zero attached hydrogens (tertiary/aromatic N) is 4. The molecule has 1 aromatic carbocycles. The molecule has 1 aromatic heterocycles. The molecule has 1 saturated carbocycles. The first-order chi connectivity index (χ1) is 13.2. The number of benzene rings is 1. The number of hydrogen-bond acceptors (Lipinski definition) is 5. The third-order valence-electron chi connectivity index (χ3n) is 5.55. The van der Waals surface area contributed by atoms with Crippen LogP contribution in [0, 0.1) is 0 Å². The van der Waals surface area contributed by atoms with Crippen LogP contribution in [0.3, 0.4) is 0 Å². The minimum atomic E-state index is 0.208. The first kappa shape index (κ1) is 16.6. The smallest absolute Gasteiger partial charge is 0.231 e. The van der Waals surface area contributed by atoms with Crippen molar-refractivity contribution < 1.29 is 14.3 Å². The van der Waals surface area contributed by atoms with Crippen LogP contribution in [0.25, 0.3) is 5.69 Å². The molecule has 2 aromatic rings. The average molecular weight is 368 g/mol. The first-order valence-electron chi connectivity index (χ1n) is 9.87. The highest BCUT2D eigenvalue weighted by molar-refractivity contribution is 5.77. The molecular weight excluding hydrogens is 344 g/mol. The quantitative estimate of drug-likeness (QED) is 0.811. The van der Waals surface area contributed by atoms with E-state index in [1.165, 1.54) is 0 Å². The van der Waals surface area contributed by atoms with E-state index >= 15 is 0 Å². The number of rotatable bonds is 5. The van der Waals surface area contributed by atoms with Gasteiger partial charge in [0.25, 0.3) is 0 Å². The van der Waals surface area contributed by atoms with E-state index in [2.05, 4.69) is 6.92 Å². The molecule has 0 spiro atoms. The molecule has 0 bridgehead atoms. The molecule has 2 aliphatic heterocycles. The van der Waals surface area contributed by atoms with Crippen molar-refractivity contribution in [1.82, 2.24) is 19.7 Å². The van der Waals surface area contributed by atoms with Crippen molar-refractivity contribution in [2.45, 2.75) is 50.9 Å². The Bertz CT molecular complexity index is 874. The van der Waals surface area contributed by atoms with Gasteiger partial charge >= 0.3 is 0 Å². The summed E-state index contributed by atoms with van der Waals surface area (Å²) < 4.78 is 12.9. The van der Waals surface area contributed by atoms with Crippen LogP contribution in [0.15, 0.2) is 18.2 Å². The highest BCUT2D eigenvalue weighted by Crippen LogP contribution is 2.40. The Balaban J connectivity index is 1.51. The van der Waals surface area contributed by atoms with Crippen LogP contribution in [0.1, 0.15) is 62.5 Å². The fourth-order valence-electron chi connectivity index (χ4n) is 3.94. The Morgan fingerprint density at radius 3 is 2.81 bits per heavy atom. The Morgan fingerprint density at radius 2 is 2.00 bits per heavy atom. The summed E-state index contributed by atoms with van der Waals surface area (Å²) in [5.41, 5.74) is 0.938. The fraction of sp³-hybridized carbons (Fsp3) is 0.550. The molecule has 1 atom stereocenters. The van der Waals surface area contributed by atoms with Gasteiger partial charge in [-0.05, 0) is 37.8 Å². The van der Waals surface area contributed by atoms with Crippen molar-refractivity contribution in [3.63, 3.8) is 0 Å². The zero-order chi connectivity index (χ0) is 18.4. The van der Waals surface area contributed by atoms with Gasteiger partial charge in [0.15, 0.2) is 17.3 Å². The minimum absolute atomic E-state index is 0.208. The van der Waals surface area contributed by atoms with Crippen LogP contribution < -0.4 is 9.47 Å². The van der Waals surface area contributed by atoms with Crippen LogP contribution in [-0.4, -0.2) is 45.5 Å². The Kier molecular flexibility index (Phi) is 4.02. The standard InChI is InChI=1S/C20H24N4O3/c1-2-9-23-11-14(5-8-18(23)25)20-21-19(13-3-4-13)22-24(20)15-6-7-16-17(10-15)27-12-26-16/h6-7,10,13-14H,2-5,8-9,11-12H2,1H3/t14-/m0/s1. The van der Waals surface area contributed by atoms with Crippen molar-refractivity contribution in [2.24, 2.45) is 0 Å². The van der Waals surface area contributed by atoms with E-state index in [-0.39, 0.29) is 18.6 Å². The van der Waals surface area contributed by atoms with Gasteiger partial charge in [0.05, 0.1) is 5.69 Å². The van der Waals surface area contributed by atoms with E-state index in [0.717, 1.165) is 67.6 Å². The molecule has 7 nitrogen and oxygen atoms in total. The first-order valence-corrected chi connectivity index (χ1v) is 9.87. The van der Waals surface area contributed by atoms with Crippen LogP contribution in [-0.2, 0) is 4.79 Å². The average Bonchev–Trinajstić information content (AvgIpc) is 3.26. The molecule has 27 heavy (non-hydrogen) atoms. The van der Waals surface area contributed by atoms with Crippen molar-refractivity contribution >= 4 is 5.91 Å². The number of aromatic nitrogens is 3. The van der Waals surface area contributed by atoms with E-state index in [0.29, 0.717) is 12.3 Å². The second-order valence-corrected chi connectivity index (χ2v) is 7.63. The summed E-state index contributed by atoms with van der Waals surface area (Å²) in [7, 11) is 0. The second kappa shape index (κ2) is 6.55. The third-order valence-corrected chi connectivity index (χ3v) is 5.55. The minimum Gasteiger partial charge on any atom is -0.454 e. The Labute approximate surface area is 158 Å². The summed E-state index contributed by atoms with van der Waals surface area (Å²) in [6.07, 6.45) is 4.70. The molecule has 3 heterocycles. The molecule has 3 aliphatic rings. The zero-order valence-electron chi connectivity index (χ0n) is 15.6. The molecule has 1 aliphatic carbocycles. The lowest BCUT2D eigenvalue weighted by Crippen LogP contribution is -2.40. The molecule has 7 heteroatoms. The van der Waals surface area contributed by atoms with Gasteiger partial charge in [-0.15, -0.1) is 0 Å². The monoisotopic (exact) mass is 368 g/mol. The van der Waals surface area contributed by atoms with Crippen LogP contribution >= 0.6 is 0 Å². The van der Waals surface area contributed by atoms with Gasteiger partial charge in [-0.3, -0.25) is 4.79 Å². The molecule has 0 N–H and O–H groups in total. The molecule has 1 saturated heterocycles. The van der Waals surface area contributed by atoms with Gasteiger partial charge in [-0.2, -0.15) is 5.10 Å². The normalized spacial score (nSPS) is 21.7. The van der Waals surface area contributed by atoms with Crippen LogP contribution in [0.2, 0.25) is 0 Å². The maximum atomic E-state index is 12.2. The van der Waals surface area contributed by atoms with Gasteiger partial charge in [0.1, 0.15) is 5.82 Å². The number of likely N-dealkylation sites (tertiary alicyclic amines) is 1. The maximum absolute atomic E-state index is 12.2. The summed E-state index contributed by atoms with van der Waals surface area (Å²) in [4.78, 5) is 19.1. The summed E-state index contributed by atoms with van der Waals surface area (Å²) in [6, 6.07) is 5.89. The van der Waals surface area contributed by atoms with Crippen molar-refractivity contribution in [2.75, 3.05) is 19.9 Å². The SMILES string of the molecule is CCCN1C[C@@H](c2nc(C3CC3)nn2-c2ccc3c(c2)OCO3)CCC1=O. The molecule has 1 amide bonds. The third kappa shape index (κ3) is 3.05. The Hall–Kier alpha value is -2.57. The largest absolute Gasteiger partial charge is 0.454 e. The molecule has 5 rings (SSSR count). The molecule has 0 unspecified atom stereocenters. The molecular formula is C20H24N4O3. The lowest BCUT2D eigenvalue weighted by atomic mass is 9.96. The highest BCUT2D eigenvalue weighted by Gasteiger charge is 2.34. The molecule has 142 valence electrons. The summed E-state index contributed by atoms with van der Waals surface area (Å²) in [6.45, 7) is 3.90. The lowest BCUT2D eigenvalue weighted by Gasteiger charge is -2.32. The van der Waals surface area contributed by atoms with E-state index < -0.39 is 0 Å². The topological polar surface area (TPSA) is 69.5 Å². The number of fused-ring (bicyclic) bond motifs is 1. The number of carbonyl (C=O) groups is 1. The number of amides is 1. The summed E-state index contributed by atoms with van der Waals surface area (Å²) in [5, 5.41) is 4.84. The zero-order valence-corrected chi connectivity index (χ0v) is 15.6. The lowest BCUT2D eigenvalue weighted by molar-refractivity contribution is -0.133. The summed E-state index contributed by atoms with van der Waals surface area (Å²) >= 11 is 0. The predicted molar refractivity (Wildman–Crippen MR) is 98.3 cm³/mol. The summed E-state index contributed by atoms with van der Waals surface area (Å²) in [5.74, 6) is 4.35. The fourth-order valence-corrected chi connectivity index (χ4v) is 3.94. The molecule has 2 fully saturated rings. The van der Waals surface area contributed by atoms with Crippen molar-refractivity contribution in [3.8, 4) is 17.2 Å². The number of carbonyl (C=O) groups excluding carboxylic acids is 1. The van der Waals surface area contributed by atoms with Crippen LogP contribution in [0.4, 0.5) is 0 Å². The van der Waals surface area contributed by atoms with E-state index in [1.54, 1.807) is 0 Å². The molecule has 0 radical (unpaired) electrons. The van der Waals surface area contributed by atoms with Crippen LogP contribution in [0.5, 0.6) is 11.5 Å².